The molecule has 0 radical (unpaired) electrons. The Kier molecular flexibility index (Phi) is 7.05. The molecule has 0 saturated heterocycles. The van der Waals surface area contributed by atoms with Crippen molar-refractivity contribution in [1.82, 2.24) is 15.0 Å². The Bertz CT molecular complexity index is 1020. The van der Waals surface area contributed by atoms with Crippen LogP contribution in [0.25, 0.3) is 0 Å². The number of likely N-dealkylation sites (N-methyl/N-ethyl adjacent to an activating group) is 1. The highest BCUT2D eigenvalue weighted by Gasteiger charge is 2.19. The first kappa shape index (κ1) is 21.1. The van der Waals surface area contributed by atoms with Gasteiger partial charge < -0.3 is 14.7 Å². The Balaban J connectivity index is 1.64. The molecule has 3 rings (SSSR count). The molecular formula is C20H19BrN4O3S. The van der Waals surface area contributed by atoms with E-state index in [4.69, 9.17) is 4.52 Å². The van der Waals surface area contributed by atoms with Crippen LogP contribution in [-0.4, -0.2) is 40.4 Å². The van der Waals surface area contributed by atoms with Gasteiger partial charge in [0.1, 0.15) is 10.8 Å². The summed E-state index contributed by atoms with van der Waals surface area (Å²) < 4.78 is 5.84. The standard InChI is InChI=1S/C20H19BrN4O3S/c1-13-10-14(24-28-13)12-29-19-15(6-5-9-22-19)20(27)25(2)11-18(26)23-17-8-4-3-7-16(17)21/h3-10H,11-12H2,1-2H3,(H,23,26). The maximum Gasteiger partial charge on any atom is 0.256 e. The van der Waals surface area contributed by atoms with Crippen LogP contribution < -0.4 is 5.32 Å². The van der Waals surface area contributed by atoms with Gasteiger partial charge in [-0.15, -0.1) is 0 Å². The zero-order chi connectivity index (χ0) is 20.8. The second-order valence-corrected chi connectivity index (χ2v) is 8.08. The zero-order valence-corrected chi connectivity index (χ0v) is 18.3. The molecule has 150 valence electrons. The average molecular weight is 475 g/mol. The van der Waals surface area contributed by atoms with Crippen molar-refractivity contribution in [2.24, 2.45) is 0 Å². The van der Waals surface area contributed by atoms with Gasteiger partial charge >= 0.3 is 0 Å². The fourth-order valence-electron chi connectivity index (χ4n) is 2.54. The van der Waals surface area contributed by atoms with Gasteiger partial charge in [0, 0.05) is 29.5 Å². The van der Waals surface area contributed by atoms with E-state index in [-0.39, 0.29) is 18.4 Å². The summed E-state index contributed by atoms with van der Waals surface area (Å²) in [6, 6.07) is 12.5. The summed E-state index contributed by atoms with van der Waals surface area (Å²) in [6.07, 6.45) is 1.63. The van der Waals surface area contributed by atoms with Crippen molar-refractivity contribution in [3.8, 4) is 0 Å². The minimum atomic E-state index is -0.288. The highest BCUT2D eigenvalue weighted by atomic mass is 79.9. The topological polar surface area (TPSA) is 88.3 Å². The van der Waals surface area contributed by atoms with E-state index in [1.165, 1.54) is 16.7 Å². The molecule has 7 nitrogen and oxygen atoms in total. The molecule has 0 unspecified atom stereocenters. The average Bonchev–Trinajstić information content (AvgIpc) is 3.13. The van der Waals surface area contributed by atoms with E-state index in [1.807, 2.05) is 31.2 Å². The lowest BCUT2D eigenvalue weighted by molar-refractivity contribution is -0.116. The van der Waals surface area contributed by atoms with E-state index in [2.05, 4.69) is 31.4 Å². The summed E-state index contributed by atoms with van der Waals surface area (Å²) in [6.45, 7) is 1.74. The van der Waals surface area contributed by atoms with E-state index in [9.17, 15) is 9.59 Å². The SMILES string of the molecule is Cc1cc(CSc2ncccc2C(=O)N(C)CC(=O)Nc2ccccc2Br)no1. The van der Waals surface area contributed by atoms with Crippen molar-refractivity contribution in [3.05, 3.63) is 70.2 Å². The predicted molar refractivity (Wildman–Crippen MR) is 115 cm³/mol. The molecule has 3 aromatic rings. The molecule has 0 saturated carbocycles. The number of nitrogens with one attached hydrogen (secondary N) is 1. The lowest BCUT2D eigenvalue weighted by Crippen LogP contribution is -2.35. The number of thioether (sulfide) groups is 1. The number of halogens is 1. The molecule has 1 N–H and O–H groups in total. The van der Waals surface area contributed by atoms with Crippen LogP contribution in [0.15, 0.2) is 62.7 Å². The van der Waals surface area contributed by atoms with Gasteiger partial charge in [0.05, 0.1) is 23.5 Å². The van der Waals surface area contributed by atoms with Crippen molar-refractivity contribution >= 4 is 45.2 Å². The predicted octanol–water partition coefficient (Wildman–Crippen LogP) is 4.14. The molecule has 0 spiro atoms. The van der Waals surface area contributed by atoms with Gasteiger partial charge in [-0.25, -0.2) is 4.98 Å². The van der Waals surface area contributed by atoms with Crippen LogP contribution in [0.1, 0.15) is 21.8 Å². The first-order valence-corrected chi connectivity index (χ1v) is 10.5. The molecule has 29 heavy (non-hydrogen) atoms. The first-order chi connectivity index (χ1) is 13.9. The largest absolute Gasteiger partial charge is 0.361 e. The number of carbonyl (C=O) groups is 2. The van der Waals surface area contributed by atoms with E-state index < -0.39 is 0 Å². The number of rotatable bonds is 7. The van der Waals surface area contributed by atoms with Crippen molar-refractivity contribution in [2.75, 3.05) is 18.9 Å². The zero-order valence-electron chi connectivity index (χ0n) is 15.9. The summed E-state index contributed by atoms with van der Waals surface area (Å²) in [5.41, 5.74) is 1.87. The van der Waals surface area contributed by atoms with Gasteiger partial charge in [0.15, 0.2) is 0 Å². The summed E-state index contributed by atoms with van der Waals surface area (Å²) in [5.74, 6) is 0.692. The third-order valence-corrected chi connectivity index (χ3v) is 5.64. The number of aryl methyl sites for hydroxylation is 1. The lowest BCUT2D eigenvalue weighted by atomic mass is 10.2. The highest BCUT2D eigenvalue weighted by Crippen LogP contribution is 2.25. The summed E-state index contributed by atoms with van der Waals surface area (Å²) in [7, 11) is 1.59. The quantitative estimate of drug-likeness (QED) is 0.517. The van der Waals surface area contributed by atoms with Gasteiger partial charge in [-0.1, -0.05) is 29.1 Å². The van der Waals surface area contributed by atoms with Crippen molar-refractivity contribution in [2.45, 2.75) is 17.7 Å². The smallest absolute Gasteiger partial charge is 0.256 e. The molecule has 1 aromatic carbocycles. The van der Waals surface area contributed by atoms with E-state index in [0.29, 0.717) is 22.0 Å². The van der Waals surface area contributed by atoms with Crippen LogP contribution in [0.3, 0.4) is 0 Å². The molecule has 9 heteroatoms. The summed E-state index contributed by atoms with van der Waals surface area (Å²) in [5, 5.41) is 7.32. The lowest BCUT2D eigenvalue weighted by Gasteiger charge is -2.18. The summed E-state index contributed by atoms with van der Waals surface area (Å²) in [4.78, 5) is 30.9. The van der Waals surface area contributed by atoms with Crippen LogP contribution in [0, 0.1) is 6.92 Å². The fraction of sp³-hybridized carbons (Fsp3) is 0.200. The Morgan fingerprint density at radius 3 is 2.76 bits per heavy atom. The third kappa shape index (κ3) is 5.68. The van der Waals surface area contributed by atoms with Crippen LogP contribution in [-0.2, 0) is 10.5 Å². The molecule has 0 aliphatic rings. The number of carbonyl (C=O) groups excluding carboxylic acids is 2. The Morgan fingerprint density at radius 1 is 1.24 bits per heavy atom. The third-order valence-electron chi connectivity index (χ3n) is 3.91. The van der Waals surface area contributed by atoms with Crippen molar-refractivity contribution in [1.29, 1.82) is 0 Å². The van der Waals surface area contributed by atoms with Gasteiger partial charge in [0.25, 0.3) is 5.91 Å². The number of aromatic nitrogens is 2. The molecule has 0 aliphatic heterocycles. The van der Waals surface area contributed by atoms with E-state index in [0.717, 1.165) is 15.9 Å². The number of anilines is 1. The number of pyridine rings is 1. The van der Waals surface area contributed by atoms with Gasteiger partial charge in [0.2, 0.25) is 5.91 Å². The molecule has 0 atom stereocenters. The number of para-hydroxylation sites is 1. The summed E-state index contributed by atoms with van der Waals surface area (Å²) >= 11 is 4.78. The molecule has 2 heterocycles. The van der Waals surface area contributed by atoms with Crippen LogP contribution in [0.5, 0.6) is 0 Å². The van der Waals surface area contributed by atoms with Gasteiger partial charge in [-0.05, 0) is 47.1 Å². The van der Waals surface area contributed by atoms with Gasteiger partial charge in [-0.2, -0.15) is 0 Å². The number of nitrogens with zero attached hydrogens (tertiary/aromatic N) is 3. The second kappa shape index (κ2) is 9.71. The van der Waals surface area contributed by atoms with Gasteiger partial charge in [-0.3, -0.25) is 9.59 Å². The molecule has 2 aromatic heterocycles. The minimum Gasteiger partial charge on any atom is -0.361 e. The molecule has 0 aliphatic carbocycles. The van der Waals surface area contributed by atoms with Crippen LogP contribution in [0.2, 0.25) is 0 Å². The minimum absolute atomic E-state index is 0.0817. The molecule has 0 fully saturated rings. The number of benzene rings is 1. The van der Waals surface area contributed by atoms with Crippen LogP contribution in [0.4, 0.5) is 5.69 Å². The fourth-order valence-corrected chi connectivity index (χ4v) is 3.79. The normalized spacial score (nSPS) is 10.6. The van der Waals surface area contributed by atoms with E-state index >= 15 is 0 Å². The number of amides is 2. The molecule has 0 bridgehead atoms. The van der Waals surface area contributed by atoms with Crippen molar-refractivity contribution in [3.63, 3.8) is 0 Å². The number of hydrogen-bond donors (Lipinski definition) is 1. The Labute approximate surface area is 181 Å². The monoisotopic (exact) mass is 474 g/mol. The second-order valence-electron chi connectivity index (χ2n) is 6.26. The molecular weight excluding hydrogens is 456 g/mol. The first-order valence-electron chi connectivity index (χ1n) is 8.74. The maximum atomic E-state index is 12.9. The Morgan fingerprint density at radius 2 is 2.03 bits per heavy atom. The molecule has 2 amide bonds. The van der Waals surface area contributed by atoms with Crippen LogP contribution >= 0.6 is 27.7 Å². The maximum absolute atomic E-state index is 12.9. The van der Waals surface area contributed by atoms with E-state index in [1.54, 1.807) is 31.4 Å². The highest BCUT2D eigenvalue weighted by molar-refractivity contribution is 9.10. The number of hydrogen-bond acceptors (Lipinski definition) is 6. The Hall–Kier alpha value is -2.65. The van der Waals surface area contributed by atoms with Crippen molar-refractivity contribution < 1.29 is 14.1 Å².